The first-order valence-electron chi connectivity index (χ1n) is 10.3. The number of aryl methyl sites for hydroxylation is 1. The van der Waals surface area contributed by atoms with Crippen molar-refractivity contribution in [3.63, 3.8) is 0 Å². The van der Waals surface area contributed by atoms with Crippen molar-refractivity contribution < 1.29 is 26.0 Å². The van der Waals surface area contributed by atoms with Gasteiger partial charge in [-0.3, -0.25) is 0 Å². The zero-order chi connectivity index (χ0) is 23.9. The van der Waals surface area contributed by atoms with Gasteiger partial charge in [-0.15, -0.1) is 0 Å². The summed E-state index contributed by atoms with van der Waals surface area (Å²) in [5, 5.41) is 0. The van der Waals surface area contributed by atoms with Crippen molar-refractivity contribution in [1.29, 1.82) is 0 Å². The number of oxazole rings is 1. The van der Waals surface area contributed by atoms with E-state index >= 15 is 0 Å². The number of rotatable bonds is 5. The molecule has 2 heterocycles. The van der Waals surface area contributed by atoms with Gasteiger partial charge in [-0.25, -0.2) is 28.1 Å². The zero-order valence-electron chi connectivity index (χ0n) is 17.5. The molecule has 0 saturated heterocycles. The number of fused-ring (bicyclic) bond motifs is 1. The summed E-state index contributed by atoms with van der Waals surface area (Å²) in [6.07, 6.45) is 2.20. The number of benzene rings is 2. The van der Waals surface area contributed by atoms with E-state index in [-0.39, 0.29) is 28.2 Å². The molecule has 4 aromatic rings. The lowest BCUT2D eigenvalue weighted by atomic mass is 9.88. The predicted octanol–water partition coefficient (Wildman–Crippen LogP) is 5.03. The number of aromatic nitrogens is 3. The second-order valence-corrected chi connectivity index (χ2v) is 9.45. The molecular weight excluding hydrogens is 469 g/mol. The van der Waals surface area contributed by atoms with Crippen LogP contribution in [-0.2, 0) is 22.6 Å². The van der Waals surface area contributed by atoms with Gasteiger partial charge >= 0.3 is 6.18 Å². The minimum absolute atomic E-state index is 0.0405. The third-order valence-corrected chi connectivity index (χ3v) is 7.04. The molecule has 1 N–H and O–H groups in total. The van der Waals surface area contributed by atoms with Crippen molar-refractivity contribution in [1.82, 2.24) is 15.0 Å². The molecule has 174 valence electrons. The Morgan fingerprint density at radius 2 is 1.74 bits per heavy atom. The third-order valence-electron chi connectivity index (χ3n) is 5.71. The fourth-order valence-electron chi connectivity index (χ4n) is 4.19. The Balaban J connectivity index is 1.51. The predicted molar refractivity (Wildman–Crippen MR) is 116 cm³/mol. The van der Waals surface area contributed by atoms with Crippen LogP contribution >= 0.6 is 0 Å². The molecule has 34 heavy (non-hydrogen) atoms. The third kappa shape index (κ3) is 4.14. The number of anilines is 1. The maximum atomic E-state index is 13.3. The Hall–Kier alpha value is -3.73. The molecule has 0 saturated carbocycles. The summed E-state index contributed by atoms with van der Waals surface area (Å²) in [4.78, 5) is 11.9. The fraction of sp³-hybridized carbons (Fsp3) is 0.174. The highest BCUT2D eigenvalue weighted by Gasteiger charge is 2.34. The van der Waals surface area contributed by atoms with Crippen LogP contribution < -0.4 is 4.72 Å². The van der Waals surface area contributed by atoms with Gasteiger partial charge in [0.05, 0.1) is 16.7 Å². The topological polar surface area (TPSA) is 98.0 Å². The molecule has 1 aliphatic rings. The molecule has 5 rings (SSSR count). The largest absolute Gasteiger partial charge is 0.445 e. The van der Waals surface area contributed by atoms with E-state index in [0.717, 1.165) is 23.3 Å². The monoisotopic (exact) mass is 486 g/mol. The van der Waals surface area contributed by atoms with Crippen LogP contribution in [0.15, 0.2) is 76.6 Å². The van der Waals surface area contributed by atoms with Crippen molar-refractivity contribution in [3.8, 4) is 11.5 Å². The lowest BCUT2D eigenvalue weighted by molar-refractivity contribution is -0.137. The highest BCUT2D eigenvalue weighted by molar-refractivity contribution is 7.92. The zero-order valence-corrected chi connectivity index (χ0v) is 18.3. The molecule has 0 amide bonds. The average Bonchev–Trinajstić information content (AvgIpc) is 3.48. The van der Waals surface area contributed by atoms with Crippen LogP contribution in [0.25, 0.3) is 11.5 Å². The summed E-state index contributed by atoms with van der Waals surface area (Å²) in [5.41, 5.74) is 1.76. The van der Waals surface area contributed by atoms with E-state index in [1.807, 2.05) is 0 Å². The van der Waals surface area contributed by atoms with Crippen LogP contribution in [0.5, 0.6) is 0 Å². The molecule has 7 nitrogen and oxygen atoms in total. The van der Waals surface area contributed by atoms with E-state index in [9.17, 15) is 21.6 Å². The lowest BCUT2D eigenvalue weighted by Crippen LogP contribution is -2.15. The van der Waals surface area contributed by atoms with E-state index in [4.69, 9.17) is 4.42 Å². The number of nitrogens with zero attached hydrogens (tertiary/aromatic N) is 3. The molecule has 11 heteroatoms. The van der Waals surface area contributed by atoms with Crippen molar-refractivity contribution in [2.45, 2.75) is 29.8 Å². The SMILES string of the molecule is O=S(=O)(Nc1ncccn1)c1ccc2c(c1)CC[C@H]2c1ccc(C(F)(F)F)cc1-c1ncco1. The Labute approximate surface area is 192 Å². The van der Waals surface area contributed by atoms with Gasteiger partial charge in [0, 0.05) is 23.9 Å². The minimum Gasteiger partial charge on any atom is -0.445 e. The van der Waals surface area contributed by atoms with E-state index in [0.29, 0.717) is 18.4 Å². The molecule has 0 aliphatic heterocycles. The van der Waals surface area contributed by atoms with Crippen LogP contribution in [0.1, 0.15) is 34.6 Å². The minimum atomic E-state index is -4.51. The summed E-state index contributed by atoms with van der Waals surface area (Å²) in [5.74, 6) is -0.177. The summed E-state index contributed by atoms with van der Waals surface area (Å²) < 4.78 is 73.3. The van der Waals surface area contributed by atoms with Crippen molar-refractivity contribution in [2.75, 3.05) is 4.72 Å². The molecule has 0 bridgehead atoms. The van der Waals surface area contributed by atoms with Gasteiger partial charge in [0.1, 0.15) is 6.26 Å². The number of nitrogens with one attached hydrogen (secondary N) is 1. The summed E-state index contributed by atoms with van der Waals surface area (Å²) in [6, 6.07) is 9.85. The normalized spacial score (nSPS) is 15.8. The van der Waals surface area contributed by atoms with Crippen LogP contribution in [0.3, 0.4) is 0 Å². The maximum Gasteiger partial charge on any atom is 0.416 e. The molecule has 0 fully saturated rings. The second kappa shape index (κ2) is 8.24. The smallest absolute Gasteiger partial charge is 0.416 e. The van der Waals surface area contributed by atoms with E-state index in [2.05, 4.69) is 19.7 Å². The van der Waals surface area contributed by atoms with Gasteiger partial charge in [0.2, 0.25) is 11.8 Å². The van der Waals surface area contributed by atoms with Crippen LogP contribution in [0, 0.1) is 0 Å². The highest BCUT2D eigenvalue weighted by atomic mass is 32.2. The van der Waals surface area contributed by atoms with Crippen molar-refractivity contribution in [2.24, 2.45) is 0 Å². The highest BCUT2D eigenvalue weighted by Crippen LogP contribution is 2.44. The number of sulfonamides is 1. The first-order chi connectivity index (χ1) is 16.2. The Bertz CT molecular complexity index is 1440. The van der Waals surface area contributed by atoms with Crippen molar-refractivity contribution in [3.05, 3.63) is 89.6 Å². The number of halogens is 3. The van der Waals surface area contributed by atoms with Crippen LogP contribution in [0.4, 0.5) is 19.1 Å². The second-order valence-electron chi connectivity index (χ2n) is 7.77. The molecule has 0 spiro atoms. The standard InChI is InChI=1S/C23H17F3N4O3S/c24-23(25,26)15-3-6-19(20(13-15)21-27-10-11-33-21)18-5-2-14-12-16(4-7-17(14)18)34(31,32)30-22-28-8-1-9-29-22/h1,3-4,6-13,18H,2,5H2,(H,28,29,30)/t18-/m1/s1. The lowest BCUT2D eigenvalue weighted by Gasteiger charge is -2.18. The van der Waals surface area contributed by atoms with Gasteiger partial charge in [-0.1, -0.05) is 12.1 Å². The Kier molecular flexibility index (Phi) is 5.35. The first kappa shape index (κ1) is 22.1. The van der Waals surface area contributed by atoms with Gasteiger partial charge in [0.15, 0.2) is 0 Å². The Morgan fingerprint density at radius 3 is 2.44 bits per heavy atom. The molecule has 0 radical (unpaired) electrons. The van der Waals surface area contributed by atoms with Gasteiger partial charge in [-0.2, -0.15) is 13.2 Å². The molecule has 1 aliphatic carbocycles. The summed E-state index contributed by atoms with van der Waals surface area (Å²) >= 11 is 0. The van der Waals surface area contributed by atoms with Crippen LogP contribution in [0.2, 0.25) is 0 Å². The van der Waals surface area contributed by atoms with E-state index in [1.54, 1.807) is 18.2 Å². The fourth-order valence-corrected chi connectivity index (χ4v) is 5.20. The quantitative estimate of drug-likeness (QED) is 0.425. The van der Waals surface area contributed by atoms with Gasteiger partial charge < -0.3 is 4.42 Å². The van der Waals surface area contributed by atoms with E-state index in [1.165, 1.54) is 37.0 Å². The molecule has 2 aromatic heterocycles. The number of alkyl halides is 3. The van der Waals surface area contributed by atoms with E-state index < -0.39 is 21.8 Å². The van der Waals surface area contributed by atoms with Gasteiger partial charge in [-0.05, 0) is 59.9 Å². The number of hydrogen-bond donors (Lipinski definition) is 1. The number of hydrogen-bond acceptors (Lipinski definition) is 6. The Morgan fingerprint density at radius 1 is 0.971 bits per heavy atom. The molecule has 1 atom stereocenters. The molecule has 2 aromatic carbocycles. The first-order valence-corrected chi connectivity index (χ1v) is 11.7. The van der Waals surface area contributed by atoms with Crippen molar-refractivity contribution >= 4 is 16.0 Å². The van der Waals surface area contributed by atoms with Gasteiger partial charge in [0.25, 0.3) is 10.0 Å². The summed E-state index contributed by atoms with van der Waals surface area (Å²) in [7, 11) is -3.91. The average molecular weight is 486 g/mol. The van der Waals surface area contributed by atoms with Crippen LogP contribution in [-0.4, -0.2) is 23.4 Å². The summed E-state index contributed by atoms with van der Waals surface area (Å²) in [6.45, 7) is 0. The molecule has 0 unspecified atom stereocenters. The molecular formula is C23H17F3N4O3S. The maximum absolute atomic E-state index is 13.3.